The van der Waals surface area contributed by atoms with Gasteiger partial charge in [0.05, 0.1) is 18.3 Å². The van der Waals surface area contributed by atoms with E-state index in [4.69, 9.17) is 4.74 Å². The molecule has 1 unspecified atom stereocenters. The number of rotatable bonds is 6. The molecule has 6 heteroatoms. The van der Waals surface area contributed by atoms with Crippen LogP contribution in [-0.4, -0.2) is 41.0 Å². The summed E-state index contributed by atoms with van der Waals surface area (Å²) in [5.41, 5.74) is 1.63. The van der Waals surface area contributed by atoms with Gasteiger partial charge < -0.3 is 15.0 Å². The highest BCUT2D eigenvalue weighted by Gasteiger charge is 2.26. The van der Waals surface area contributed by atoms with Gasteiger partial charge >= 0.3 is 0 Å². The van der Waals surface area contributed by atoms with Crippen LogP contribution in [0.3, 0.4) is 0 Å². The highest BCUT2D eigenvalue weighted by atomic mass is 35.5. The molecule has 0 radical (unpaired) electrons. The van der Waals surface area contributed by atoms with Crippen LogP contribution in [0.4, 0.5) is 0 Å². The van der Waals surface area contributed by atoms with E-state index in [2.05, 4.69) is 10.3 Å². The van der Waals surface area contributed by atoms with Gasteiger partial charge in [-0.05, 0) is 88.4 Å². The molecule has 2 aromatic rings. The number of hydrogen-bond acceptors (Lipinski definition) is 4. The second-order valence-electron chi connectivity index (χ2n) is 8.14. The third-order valence-electron chi connectivity index (χ3n) is 5.99. The first-order valence-electron chi connectivity index (χ1n) is 11.0. The zero-order valence-corrected chi connectivity index (χ0v) is 18.3. The molecule has 0 bridgehead atoms. The van der Waals surface area contributed by atoms with Crippen LogP contribution in [0.2, 0.25) is 0 Å². The third-order valence-corrected chi connectivity index (χ3v) is 5.99. The summed E-state index contributed by atoms with van der Waals surface area (Å²) < 4.78 is 6.14. The Morgan fingerprint density at radius 1 is 1.03 bits per heavy atom. The average Bonchev–Trinajstić information content (AvgIpc) is 3.12. The molecule has 1 saturated carbocycles. The fraction of sp³-hybridized carbons (Fsp3) is 0.500. The SMILES string of the molecule is Cl.O=C(c1cccc(OC2CCCC2)c1)N(Cc1ccccn1)C1CCCNCC1. The van der Waals surface area contributed by atoms with Crippen molar-refractivity contribution in [1.82, 2.24) is 15.2 Å². The topological polar surface area (TPSA) is 54.5 Å². The lowest BCUT2D eigenvalue weighted by molar-refractivity contribution is 0.0641. The Bertz CT molecular complexity index is 788. The average molecular weight is 430 g/mol. The van der Waals surface area contributed by atoms with Crippen molar-refractivity contribution in [2.45, 2.75) is 63.6 Å². The van der Waals surface area contributed by atoms with Gasteiger partial charge in [0.15, 0.2) is 0 Å². The number of aromatic nitrogens is 1. The Balaban J connectivity index is 0.00000256. The molecule has 2 heterocycles. The Labute approximate surface area is 185 Å². The van der Waals surface area contributed by atoms with Crippen LogP contribution in [-0.2, 0) is 6.54 Å². The highest BCUT2D eigenvalue weighted by molar-refractivity contribution is 5.94. The van der Waals surface area contributed by atoms with E-state index in [9.17, 15) is 4.79 Å². The normalized spacial score (nSPS) is 19.5. The number of nitrogens with zero attached hydrogens (tertiary/aromatic N) is 2. The van der Waals surface area contributed by atoms with E-state index in [1.54, 1.807) is 6.20 Å². The van der Waals surface area contributed by atoms with Crippen molar-refractivity contribution >= 4 is 18.3 Å². The first-order valence-corrected chi connectivity index (χ1v) is 11.0. The van der Waals surface area contributed by atoms with E-state index in [-0.39, 0.29) is 30.5 Å². The maximum absolute atomic E-state index is 13.6. The van der Waals surface area contributed by atoms with Crippen molar-refractivity contribution in [3.05, 3.63) is 59.9 Å². The molecule has 162 valence electrons. The summed E-state index contributed by atoms with van der Waals surface area (Å²) in [6.07, 6.45) is 9.84. The monoisotopic (exact) mass is 429 g/mol. The third kappa shape index (κ3) is 5.96. The minimum absolute atomic E-state index is 0. The van der Waals surface area contributed by atoms with E-state index in [1.807, 2.05) is 47.4 Å². The molecule has 30 heavy (non-hydrogen) atoms. The van der Waals surface area contributed by atoms with Crippen molar-refractivity contribution in [3.8, 4) is 5.75 Å². The molecule has 1 amide bonds. The number of ether oxygens (including phenoxy) is 1. The van der Waals surface area contributed by atoms with Gasteiger partial charge in [0, 0.05) is 17.8 Å². The first kappa shape index (κ1) is 22.6. The van der Waals surface area contributed by atoms with Crippen LogP contribution in [0, 0.1) is 0 Å². The Morgan fingerprint density at radius 2 is 1.90 bits per heavy atom. The molecular weight excluding hydrogens is 398 g/mol. The summed E-state index contributed by atoms with van der Waals surface area (Å²) in [5.74, 6) is 0.877. The van der Waals surface area contributed by atoms with Crippen molar-refractivity contribution in [2.24, 2.45) is 0 Å². The molecule has 1 aliphatic heterocycles. The maximum atomic E-state index is 13.6. The first-order chi connectivity index (χ1) is 14.3. The predicted molar refractivity (Wildman–Crippen MR) is 121 cm³/mol. The van der Waals surface area contributed by atoms with Crippen molar-refractivity contribution < 1.29 is 9.53 Å². The van der Waals surface area contributed by atoms with Crippen LogP contribution in [0.5, 0.6) is 5.75 Å². The fourth-order valence-electron chi connectivity index (χ4n) is 4.41. The van der Waals surface area contributed by atoms with E-state index < -0.39 is 0 Å². The van der Waals surface area contributed by atoms with Gasteiger partial charge in [0.1, 0.15) is 5.75 Å². The standard InChI is InChI=1S/C24H31N3O2.ClH/c28-24(19-7-5-12-23(17-19)29-22-10-1-2-11-22)27(18-20-8-3-4-15-26-20)21-9-6-14-25-16-13-21;/h3-5,7-8,12,15,17,21-22,25H,1-2,6,9-11,13-14,16,18H2;1H. The molecule has 0 spiro atoms. The number of nitrogens with one attached hydrogen (secondary N) is 1. The van der Waals surface area contributed by atoms with Crippen molar-refractivity contribution in [3.63, 3.8) is 0 Å². The Kier molecular flexibility index (Phi) is 8.52. The van der Waals surface area contributed by atoms with E-state index in [0.717, 1.165) is 56.6 Å². The van der Waals surface area contributed by atoms with Crippen LogP contribution in [0.15, 0.2) is 48.7 Å². The second kappa shape index (κ2) is 11.3. The van der Waals surface area contributed by atoms with Crippen LogP contribution in [0.1, 0.15) is 61.0 Å². The van der Waals surface area contributed by atoms with E-state index >= 15 is 0 Å². The second-order valence-corrected chi connectivity index (χ2v) is 8.14. The van der Waals surface area contributed by atoms with Crippen molar-refractivity contribution in [1.29, 1.82) is 0 Å². The van der Waals surface area contributed by atoms with Gasteiger partial charge in [-0.1, -0.05) is 12.1 Å². The van der Waals surface area contributed by atoms with Gasteiger partial charge in [-0.2, -0.15) is 0 Å². The van der Waals surface area contributed by atoms with Crippen LogP contribution >= 0.6 is 12.4 Å². The Morgan fingerprint density at radius 3 is 2.70 bits per heavy atom. The largest absolute Gasteiger partial charge is 0.490 e. The maximum Gasteiger partial charge on any atom is 0.254 e. The van der Waals surface area contributed by atoms with Gasteiger partial charge in [-0.25, -0.2) is 0 Å². The van der Waals surface area contributed by atoms with Crippen LogP contribution < -0.4 is 10.1 Å². The predicted octanol–water partition coefficient (Wildman–Crippen LogP) is 4.61. The number of benzene rings is 1. The smallest absolute Gasteiger partial charge is 0.254 e. The number of hydrogen-bond donors (Lipinski definition) is 1. The number of carbonyl (C=O) groups excluding carboxylic acids is 1. The van der Waals surface area contributed by atoms with E-state index in [0.29, 0.717) is 12.1 Å². The highest BCUT2D eigenvalue weighted by Crippen LogP contribution is 2.26. The van der Waals surface area contributed by atoms with Crippen LogP contribution in [0.25, 0.3) is 0 Å². The lowest BCUT2D eigenvalue weighted by Crippen LogP contribution is -2.40. The minimum Gasteiger partial charge on any atom is -0.490 e. The Hall–Kier alpha value is -2.11. The molecule has 1 atom stereocenters. The summed E-state index contributed by atoms with van der Waals surface area (Å²) in [5, 5.41) is 3.45. The molecule has 2 fully saturated rings. The summed E-state index contributed by atoms with van der Waals surface area (Å²) in [6, 6.07) is 13.8. The fourth-order valence-corrected chi connectivity index (χ4v) is 4.41. The summed E-state index contributed by atoms with van der Waals surface area (Å²) in [7, 11) is 0. The molecule has 2 aliphatic rings. The number of amides is 1. The number of carbonyl (C=O) groups is 1. The summed E-state index contributed by atoms with van der Waals surface area (Å²) in [6.45, 7) is 2.51. The molecule has 1 aromatic heterocycles. The summed E-state index contributed by atoms with van der Waals surface area (Å²) >= 11 is 0. The quantitative estimate of drug-likeness (QED) is 0.728. The van der Waals surface area contributed by atoms with Gasteiger partial charge in [-0.15, -0.1) is 12.4 Å². The molecule has 4 rings (SSSR count). The number of halogens is 1. The van der Waals surface area contributed by atoms with Gasteiger partial charge in [0.2, 0.25) is 0 Å². The molecule has 1 saturated heterocycles. The molecular formula is C24H32ClN3O2. The lowest BCUT2D eigenvalue weighted by atomic mass is 10.0. The molecule has 5 nitrogen and oxygen atoms in total. The molecule has 1 aliphatic carbocycles. The van der Waals surface area contributed by atoms with E-state index in [1.165, 1.54) is 12.8 Å². The molecule has 1 aromatic carbocycles. The lowest BCUT2D eigenvalue weighted by Gasteiger charge is -2.31. The minimum atomic E-state index is 0. The zero-order valence-electron chi connectivity index (χ0n) is 17.5. The zero-order chi connectivity index (χ0) is 19.9. The molecule has 1 N–H and O–H groups in total. The number of pyridine rings is 1. The van der Waals surface area contributed by atoms with Gasteiger partial charge in [0.25, 0.3) is 5.91 Å². The van der Waals surface area contributed by atoms with Crippen molar-refractivity contribution in [2.75, 3.05) is 13.1 Å². The van der Waals surface area contributed by atoms with Gasteiger partial charge in [-0.3, -0.25) is 9.78 Å². The summed E-state index contributed by atoms with van der Waals surface area (Å²) in [4.78, 5) is 20.1.